The lowest BCUT2D eigenvalue weighted by Gasteiger charge is -2.36. The second-order valence-corrected chi connectivity index (χ2v) is 8.23. The number of hydrogen-bond acceptors (Lipinski definition) is 5. The van der Waals surface area contributed by atoms with Gasteiger partial charge in [0.25, 0.3) is 5.91 Å². The Labute approximate surface area is 163 Å². The van der Waals surface area contributed by atoms with Crippen molar-refractivity contribution in [3.63, 3.8) is 0 Å². The zero-order chi connectivity index (χ0) is 19.9. The molecule has 1 aliphatic rings. The van der Waals surface area contributed by atoms with Crippen LogP contribution in [0.2, 0.25) is 0 Å². The fourth-order valence-corrected chi connectivity index (χ4v) is 3.99. The summed E-state index contributed by atoms with van der Waals surface area (Å²) in [6, 6.07) is 1.99. The van der Waals surface area contributed by atoms with Crippen LogP contribution in [0, 0.1) is 12.8 Å². The maximum atomic E-state index is 13.0. The lowest BCUT2D eigenvalue weighted by Crippen LogP contribution is -2.42. The van der Waals surface area contributed by atoms with Crippen LogP contribution in [0.1, 0.15) is 55.7 Å². The van der Waals surface area contributed by atoms with Crippen LogP contribution in [0.25, 0.3) is 17.0 Å². The topological polar surface area (TPSA) is 109 Å². The van der Waals surface area contributed by atoms with Gasteiger partial charge in [0, 0.05) is 24.1 Å². The highest BCUT2D eigenvalue weighted by atomic mass is 16.3. The number of aromatic nitrogens is 5. The molecule has 148 valence electrons. The van der Waals surface area contributed by atoms with Gasteiger partial charge >= 0.3 is 0 Å². The molecule has 0 atom stereocenters. The van der Waals surface area contributed by atoms with Gasteiger partial charge in [-0.2, -0.15) is 0 Å². The number of nitrogens with zero attached hydrogens (tertiary/aromatic N) is 4. The van der Waals surface area contributed by atoms with Gasteiger partial charge in [-0.15, -0.1) is 0 Å². The number of aromatic amines is 1. The highest BCUT2D eigenvalue weighted by molar-refractivity contribution is 6.03. The lowest BCUT2D eigenvalue weighted by atomic mass is 9.77. The molecule has 3 heterocycles. The molecule has 0 spiro atoms. The Bertz CT molecular complexity index is 978. The molecule has 0 aliphatic heterocycles. The Morgan fingerprint density at radius 3 is 2.68 bits per heavy atom. The van der Waals surface area contributed by atoms with E-state index in [4.69, 9.17) is 0 Å². The average Bonchev–Trinajstić information content (AvgIpc) is 3.29. The summed E-state index contributed by atoms with van der Waals surface area (Å²) in [6.07, 6.45) is 8.52. The third kappa shape index (κ3) is 3.64. The first-order valence-corrected chi connectivity index (χ1v) is 9.70. The zero-order valence-corrected chi connectivity index (χ0v) is 16.4. The van der Waals surface area contributed by atoms with Crippen molar-refractivity contribution in [3.05, 3.63) is 36.2 Å². The van der Waals surface area contributed by atoms with E-state index in [0.29, 0.717) is 22.7 Å². The van der Waals surface area contributed by atoms with E-state index in [1.54, 1.807) is 23.3 Å². The first-order valence-electron chi connectivity index (χ1n) is 9.70. The van der Waals surface area contributed by atoms with Gasteiger partial charge in [-0.3, -0.25) is 9.36 Å². The van der Waals surface area contributed by atoms with E-state index in [2.05, 4.69) is 25.3 Å². The molecular formula is C20H26N6O2. The van der Waals surface area contributed by atoms with E-state index < -0.39 is 5.60 Å². The molecular weight excluding hydrogens is 356 g/mol. The van der Waals surface area contributed by atoms with Crippen LogP contribution in [0.15, 0.2) is 24.8 Å². The van der Waals surface area contributed by atoms with Gasteiger partial charge in [-0.25, -0.2) is 15.0 Å². The van der Waals surface area contributed by atoms with E-state index in [9.17, 15) is 9.90 Å². The summed E-state index contributed by atoms with van der Waals surface area (Å²) in [5.41, 5.74) is 1.93. The number of imidazole rings is 1. The van der Waals surface area contributed by atoms with Gasteiger partial charge in [0.05, 0.1) is 16.6 Å². The number of H-pyrrole nitrogens is 1. The van der Waals surface area contributed by atoms with Crippen LogP contribution >= 0.6 is 0 Å². The standard InChI is InChI=1S/C20H26N6O2/c1-12-10-15-16(22-12)17(25-19(24-15)26-9-8-21-11-26)18(27)23-14-6-4-13(5-7-14)20(2,3)28/h8-11,13-14,22,28H,4-7H2,1-3H3,(H,23,27)/t13-,14-. The maximum absolute atomic E-state index is 13.0. The normalized spacial score (nSPS) is 20.4. The molecule has 0 bridgehead atoms. The number of nitrogens with one attached hydrogen (secondary N) is 2. The van der Waals surface area contributed by atoms with Crippen molar-refractivity contribution in [1.29, 1.82) is 0 Å². The summed E-state index contributed by atoms with van der Waals surface area (Å²) < 4.78 is 1.69. The fourth-order valence-electron chi connectivity index (χ4n) is 3.99. The molecule has 1 saturated carbocycles. The minimum Gasteiger partial charge on any atom is -0.390 e. The lowest BCUT2D eigenvalue weighted by molar-refractivity contribution is -0.00258. The van der Waals surface area contributed by atoms with Gasteiger partial charge < -0.3 is 15.4 Å². The van der Waals surface area contributed by atoms with Crippen molar-refractivity contribution in [3.8, 4) is 5.95 Å². The van der Waals surface area contributed by atoms with Gasteiger partial charge in [0.2, 0.25) is 5.95 Å². The van der Waals surface area contributed by atoms with Gasteiger partial charge in [0.1, 0.15) is 6.33 Å². The number of amides is 1. The Morgan fingerprint density at radius 2 is 2.04 bits per heavy atom. The number of carbonyl (C=O) groups is 1. The predicted molar refractivity (Wildman–Crippen MR) is 105 cm³/mol. The third-order valence-electron chi connectivity index (χ3n) is 5.61. The van der Waals surface area contributed by atoms with Crippen molar-refractivity contribution >= 4 is 16.9 Å². The quantitative estimate of drug-likeness (QED) is 0.642. The van der Waals surface area contributed by atoms with E-state index in [1.165, 1.54) is 0 Å². The highest BCUT2D eigenvalue weighted by Gasteiger charge is 2.32. The molecule has 3 aromatic heterocycles. The monoisotopic (exact) mass is 382 g/mol. The fraction of sp³-hybridized carbons (Fsp3) is 0.500. The first kappa shape index (κ1) is 18.6. The molecule has 0 unspecified atom stereocenters. The van der Waals surface area contributed by atoms with Crippen molar-refractivity contribution in [2.75, 3.05) is 0 Å². The third-order valence-corrected chi connectivity index (χ3v) is 5.61. The molecule has 1 amide bonds. The summed E-state index contributed by atoms with van der Waals surface area (Å²) >= 11 is 0. The molecule has 28 heavy (non-hydrogen) atoms. The number of carbonyl (C=O) groups excluding carboxylic acids is 1. The van der Waals surface area contributed by atoms with Crippen LogP contribution in [0.3, 0.4) is 0 Å². The van der Waals surface area contributed by atoms with Crippen molar-refractivity contribution in [2.45, 2.75) is 58.1 Å². The molecule has 3 aromatic rings. The molecule has 1 aliphatic carbocycles. The Morgan fingerprint density at radius 1 is 1.29 bits per heavy atom. The van der Waals surface area contributed by atoms with E-state index in [0.717, 1.165) is 31.4 Å². The number of fused-ring (bicyclic) bond motifs is 1. The Hall–Kier alpha value is -2.74. The highest BCUT2D eigenvalue weighted by Crippen LogP contribution is 2.32. The molecule has 0 saturated heterocycles. The SMILES string of the molecule is Cc1cc2nc(-n3ccnc3)nc(C(=O)N[C@H]3CC[C@H](C(C)(C)O)CC3)c2[nH]1. The van der Waals surface area contributed by atoms with Crippen LogP contribution in [-0.2, 0) is 0 Å². The second-order valence-electron chi connectivity index (χ2n) is 8.23. The smallest absolute Gasteiger partial charge is 0.272 e. The largest absolute Gasteiger partial charge is 0.390 e. The van der Waals surface area contributed by atoms with Crippen molar-refractivity contribution in [2.24, 2.45) is 5.92 Å². The predicted octanol–water partition coefficient (Wildman–Crippen LogP) is 2.51. The summed E-state index contributed by atoms with van der Waals surface area (Å²) in [7, 11) is 0. The van der Waals surface area contributed by atoms with Gasteiger partial charge in [0.15, 0.2) is 5.69 Å². The minimum atomic E-state index is -0.671. The Kier molecular flexibility index (Phi) is 4.66. The van der Waals surface area contributed by atoms with Crippen LogP contribution in [0.5, 0.6) is 0 Å². The molecule has 0 aromatic carbocycles. The minimum absolute atomic E-state index is 0.0869. The second kappa shape index (κ2) is 7.01. The van der Waals surface area contributed by atoms with E-state index >= 15 is 0 Å². The van der Waals surface area contributed by atoms with E-state index in [1.807, 2.05) is 26.8 Å². The Balaban J connectivity index is 1.57. The number of rotatable bonds is 4. The maximum Gasteiger partial charge on any atom is 0.272 e. The number of aliphatic hydroxyl groups is 1. The van der Waals surface area contributed by atoms with Crippen molar-refractivity contribution in [1.82, 2.24) is 29.8 Å². The summed E-state index contributed by atoms with van der Waals surface area (Å²) in [5, 5.41) is 13.3. The number of aryl methyl sites for hydroxylation is 1. The molecule has 8 nitrogen and oxygen atoms in total. The summed E-state index contributed by atoms with van der Waals surface area (Å²) in [4.78, 5) is 29.3. The first-order chi connectivity index (χ1) is 13.3. The number of hydrogen-bond donors (Lipinski definition) is 3. The van der Waals surface area contributed by atoms with Crippen molar-refractivity contribution < 1.29 is 9.90 Å². The molecule has 0 radical (unpaired) electrons. The summed E-state index contributed by atoms with van der Waals surface area (Å²) in [5.74, 6) is 0.479. The van der Waals surface area contributed by atoms with Crippen LogP contribution in [0.4, 0.5) is 0 Å². The molecule has 1 fully saturated rings. The molecule has 8 heteroatoms. The van der Waals surface area contributed by atoms with Crippen LogP contribution < -0.4 is 5.32 Å². The molecule has 4 rings (SSSR count). The zero-order valence-electron chi connectivity index (χ0n) is 16.4. The van der Waals surface area contributed by atoms with E-state index in [-0.39, 0.29) is 17.9 Å². The summed E-state index contributed by atoms with van der Waals surface area (Å²) in [6.45, 7) is 5.65. The molecule has 3 N–H and O–H groups in total. The average molecular weight is 382 g/mol. The van der Waals surface area contributed by atoms with Gasteiger partial charge in [-0.05, 0) is 58.4 Å². The van der Waals surface area contributed by atoms with Crippen LogP contribution in [-0.4, -0.2) is 47.2 Å². The van der Waals surface area contributed by atoms with Gasteiger partial charge in [-0.1, -0.05) is 0 Å².